The second kappa shape index (κ2) is 9.20. The van der Waals surface area contributed by atoms with Crippen LogP contribution in [-0.2, 0) is 26.5 Å². The summed E-state index contributed by atoms with van der Waals surface area (Å²) in [6.07, 6.45) is 2.82. The number of carbonyl (C=O) groups excluding carboxylic acids is 2. The summed E-state index contributed by atoms with van der Waals surface area (Å²) in [6, 6.07) is 14.5. The molecule has 5 rings (SSSR count). The Hall–Kier alpha value is -3.89. The van der Waals surface area contributed by atoms with Gasteiger partial charge in [0.2, 0.25) is 5.88 Å². The van der Waals surface area contributed by atoms with E-state index in [0.29, 0.717) is 21.5 Å². The van der Waals surface area contributed by atoms with Crippen LogP contribution in [0.25, 0.3) is 16.5 Å². The quantitative estimate of drug-likeness (QED) is 0.358. The third kappa shape index (κ3) is 4.77. The SMILES string of the molecule is CC(C(=O)Oc1ccc2c(n1)=C(c1ccc(Cl)cc1)C(=O)C(c1ccc3nn(C)cc3c1)N=2)S(C)(=O)=O. The van der Waals surface area contributed by atoms with Crippen molar-refractivity contribution in [3.63, 3.8) is 0 Å². The van der Waals surface area contributed by atoms with Crippen molar-refractivity contribution >= 4 is 49.7 Å². The Balaban J connectivity index is 1.66. The zero-order chi connectivity index (χ0) is 26.5. The minimum atomic E-state index is -3.66. The van der Waals surface area contributed by atoms with Crippen LogP contribution in [0.4, 0.5) is 0 Å². The third-order valence-corrected chi connectivity index (χ3v) is 7.85. The number of fused-ring (bicyclic) bond motifs is 2. The van der Waals surface area contributed by atoms with Gasteiger partial charge in [0.05, 0.1) is 16.4 Å². The maximum absolute atomic E-state index is 13.9. The average molecular weight is 537 g/mol. The molecule has 0 fully saturated rings. The maximum atomic E-state index is 13.9. The molecule has 11 heteroatoms. The lowest BCUT2D eigenvalue weighted by Crippen LogP contribution is -2.40. The minimum Gasteiger partial charge on any atom is -0.406 e. The summed E-state index contributed by atoms with van der Waals surface area (Å²) in [5, 5.41) is 5.04. The first kappa shape index (κ1) is 24.8. The molecule has 0 amide bonds. The summed E-state index contributed by atoms with van der Waals surface area (Å²) in [5.41, 5.74) is 2.35. The average Bonchev–Trinajstić information content (AvgIpc) is 3.22. The van der Waals surface area contributed by atoms with Gasteiger partial charge in [0.1, 0.15) is 11.4 Å². The second-order valence-electron chi connectivity index (χ2n) is 8.81. The second-order valence-corrected chi connectivity index (χ2v) is 11.6. The van der Waals surface area contributed by atoms with Gasteiger partial charge in [-0.2, -0.15) is 5.10 Å². The van der Waals surface area contributed by atoms with Gasteiger partial charge in [0, 0.05) is 36.0 Å². The van der Waals surface area contributed by atoms with Crippen LogP contribution in [0.1, 0.15) is 24.1 Å². The van der Waals surface area contributed by atoms with E-state index in [1.165, 1.54) is 13.0 Å². The van der Waals surface area contributed by atoms with Crippen molar-refractivity contribution in [2.75, 3.05) is 6.26 Å². The van der Waals surface area contributed by atoms with Crippen molar-refractivity contribution in [1.82, 2.24) is 14.8 Å². The number of ether oxygens (including phenoxy) is 1. The molecule has 2 aromatic carbocycles. The van der Waals surface area contributed by atoms with Crippen molar-refractivity contribution in [3.8, 4) is 5.88 Å². The van der Waals surface area contributed by atoms with Gasteiger partial charge < -0.3 is 4.74 Å². The van der Waals surface area contributed by atoms with E-state index in [9.17, 15) is 18.0 Å². The zero-order valence-corrected chi connectivity index (χ0v) is 21.6. The number of sulfone groups is 1. The van der Waals surface area contributed by atoms with Gasteiger partial charge >= 0.3 is 5.97 Å². The highest BCUT2D eigenvalue weighted by molar-refractivity contribution is 7.92. The standard InChI is InChI=1S/C26H21ClN4O5S/c1-14(37(3,34)35)26(33)36-21-11-10-20-24(29-21)22(15-4-7-18(27)8-5-15)25(32)23(28-20)16-6-9-19-17(12-16)13-31(2)30-19/h4-14,23H,1-3H3. The molecule has 2 unspecified atom stereocenters. The normalized spacial score (nSPS) is 16.3. The van der Waals surface area contributed by atoms with Crippen molar-refractivity contribution in [2.24, 2.45) is 12.0 Å². The molecule has 0 bridgehead atoms. The molecule has 188 valence electrons. The Morgan fingerprint density at radius 1 is 1.11 bits per heavy atom. The Morgan fingerprint density at radius 2 is 1.84 bits per heavy atom. The van der Waals surface area contributed by atoms with E-state index in [0.717, 1.165) is 17.2 Å². The van der Waals surface area contributed by atoms with Crippen LogP contribution >= 0.6 is 11.6 Å². The van der Waals surface area contributed by atoms with Crippen LogP contribution in [-0.4, -0.2) is 46.4 Å². The largest absolute Gasteiger partial charge is 0.406 e. The lowest BCUT2D eigenvalue weighted by atomic mass is 9.90. The van der Waals surface area contributed by atoms with Gasteiger partial charge in [-0.15, -0.1) is 0 Å². The van der Waals surface area contributed by atoms with Crippen molar-refractivity contribution in [3.05, 3.63) is 87.7 Å². The topological polar surface area (TPSA) is 121 Å². The Bertz CT molecular complexity index is 1810. The van der Waals surface area contributed by atoms with Crippen molar-refractivity contribution < 1.29 is 22.7 Å². The van der Waals surface area contributed by atoms with Crippen LogP contribution in [0.15, 0.2) is 65.8 Å². The van der Waals surface area contributed by atoms with Crippen LogP contribution in [0.2, 0.25) is 5.02 Å². The predicted octanol–water partition coefficient (Wildman–Crippen LogP) is 2.10. The Labute approximate surface area is 217 Å². The fourth-order valence-corrected chi connectivity index (χ4v) is 4.57. The van der Waals surface area contributed by atoms with Crippen molar-refractivity contribution in [1.29, 1.82) is 0 Å². The fourth-order valence-electron chi connectivity index (χ4n) is 4.05. The maximum Gasteiger partial charge on any atom is 0.330 e. The van der Waals surface area contributed by atoms with E-state index in [4.69, 9.17) is 16.3 Å². The first-order chi connectivity index (χ1) is 17.5. The molecule has 0 spiro atoms. The van der Waals surface area contributed by atoms with Crippen LogP contribution in [0.3, 0.4) is 0 Å². The minimum absolute atomic E-state index is 0.135. The first-order valence-electron chi connectivity index (χ1n) is 11.2. The number of esters is 1. The predicted molar refractivity (Wildman–Crippen MR) is 137 cm³/mol. The van der Waals surface area contributed by atoms with Gasteiger partial charge in [-0.05, 0) is 48.4 Å². The number of ketones is 1. The molecule has 0 saturated carbocycles. The van der Waals surface area contributed by atoms with E-state index >= 15 is 0 Å². The fraction of sp³-hybridized carbons (Fsp3) is 0.192. The third-order valence-electron chi connectivity index (χ3n) is 6.12. The number of pyridine rings is 1. The lowest BCUT2D eigenvalue weighted by molar-refractivity contribution is -0.133. The lowest BCUT2D eigenvalue weighted by Gasteiger charge is -2.19. The van der Waals surface area contributed by atoms with Crippen LogP contribution in [0, 0.1) is 0 Å². The highest BCUT2D eigenvalue weighted by Crippen LogP contribution is 2.29. The van der Waals surface area contributed by atoms with Crippen LogP contribution < -0.4 is 15.4 Å². The number of benzene rings is 2. The van der Waals surface area contributed by atoms with E-state index in [-0.39, 0.29) is 22.6 Å². The summed E-state index contributed by atoms with van der Waals surface area (Å²) in [4.78, 5) is 35.3. The monoisotopic (exact) mass is 536 g/mol. The summed E-state index contributed by atoms with van der Waals surface area (Å²) < 4.78 is 30.5. The molecule has 0 aliphatic carbocycles. The number of aromatic nitrogens is 3. The summed E-state index contributed by atoms with van der Waals surface area (Å²) in [6.45, 7) is 1.24. The molecule has 2 aromatic heterocycles. The van der Waals surface area contributed by atoms with Gasteiger partial charge in [-0.3, -0.25) is 19.3 Å². The molecule has 0 radical (unpaired) electrons. The number of halogens is 1. The molecular weight excluding hydrogens is 516 g/mol. The van der Waals surface area contributed by atoms with E-state index in [1.54, 1.807) is 35.0 Å². The van der Waals surface area contributed by atoms with Crippen molar-refractivity contribution in [2.45, 2.75) is 18.2 Å². The first-order valence-corrected chi connectivity index (χ1v) is 13.6. The summed E-state index contributed by atoms with van der Waals surface area (Å²) >= 11 is 6.08. The van der Waals surface area contributed by atoms with E-state index in [2.05, 4.69) is 15.1 Å². The number of hydrogen-bond donors (Lipinski definition) is 0. The molecule has 2 atom stereocenters. The number of hydrogen-bond acceptors (Lipinski definition) is 8. The number of Topliss-reactive ketones (excluding diaryl/α,β-unsaturated/α-hetero) is 1. The smallest absolute Gasteiger partial charge is 0.330 e. The summed E-state index contributed by atoms with van der Waals surface area (Å²) in [5.74, 6) is -1.40. The zero-order valence-electron chi connectivity index (χ0n) is 20.0. The number of aryl methyl sites for hydroxylation is 1. The molecule has 3 heterocycles. The highest BCUT2D eigenvalue weighted by atomic mass is 35.5. The number of carbonyl (C=O) groups is 2. The molecule has 1 aliphatic rings. The molecule has 0 saturated heterocycles. The Kier molecular flexibility index (Phi) is 6.17. The van der Waals surface area contributed by atoms with E-state index in [1.807, 2.05) is 31.4 Å². The van der Waals surface area contributed by atoms with Gasteiger partial charge in [-0.25, -0.2) is 13.4 Å². The molecule has 9 nitrogen and oxygen atoms in total. The summed E-state index contributed by atoms with van der Waals surface area (Å²) in [7, 11) is -1.83. The highest BCUT2D eigenvalue weighted by Gasteiger charge is 2.30. The van der Waals surface area contributed by atoms with E-state index < -0.39 is 27.1 Å². The number of rotatable bonds is 5. The van der Waals surface area contributed by atoms with Gasteiger partial charge in [0.15, 0.2) is 20.9 Å². The Morgan fingerprint density at radius 3 is 2.54 bits per heavy atom. The van der Waals surface area contributed by atoms with Gasteiger partial charge in [0.25, 0.3) is 0 Å². The molecule has 4 aromatic rings. The van der Waals surface area contributed by atoms with Gasteiger partial charge in [-0.1, -0.05) is 29.8 Å². The molecular formula is C26H21ClN4O5S. The molecule has 1 aliphatic heterocycles. The number of nitrogens with zero attached hydrogens (tertiary/aromatic N) is 4. The molecule has 0 N–H and O–H groups in total. The molecule has 37 heavy (non-hydrogen) atoms. The van der Waals surface area contributed by atoms with Crippen LogP contribution in [0.5, 0.6) is 5.88 Å².